The minimum absolute atomic E-state index is 0.0253. The first-order valence-electron chi connectivity index (χ1n) is 23.7. The van der Waals surface area contributed by atoms with Gasteiger partial charge in [0.2, 0.25) is 12.6 Å². The molecule has 0 radical (unpaired) electrons. The molecule has 67 heavy (non-hydrogen) atoms. The number of ether oxygens (including phenoxy) is 6. The number of unbranched alkanes of at least 4 members (excludes halogenated alkanes) is 2. The van der Waals surface area contributed by atoms with Crippen molar-refractivity contribution in [3.05, 3.63) is 150 Å². The summed E-state index contributed by atoms with van der Waals surface area (Å²) < 4.78 is 38.8. The summed E-state index contributed by atoms with van der Waals surface area (Å²) in [5, 5.41) is 25.1. The molecule has 2 aliphatic heterocycles. The van der Waals surface area contributed by atoms with Crippen LogP contribution in [0.15, 0.2) is 127 Å². The van der Waals surface area contributed by atoms with Crippen LogP contribution in [0.5, 0.6) is 28.7 Å². The second kappa shape index (κ2) is 22.1. The third-order valence-electron chi connectivity index (χ3n) is 13.6. The van der Waals surface area contributed by atoms with Crippen LogP contribution in [-0.2, 0) is 27.5 Å². The maximum absolute atomic E-state index is 14.9. The van der Waals surface area contributed by atoms with E-state index in [2.05, 4.69) is 45.2 Å². The van der Waals surface area contributed by atoms with Crippen molar-refractivity contribution in [2.75, 3.05) is 33.2 Å². The Morgan fingerprint density at radius 1 is 0.851 bits per heavy atom. The number of nitrogens with zero attached hydrogens (tertiary/aromatic N) is 2. The molecule has 4 aromatic carbocycles. The molecule has 1 amide bonds. The molecule has 12 nitrogen and oxygen atoms in total. The van der Waals surface area contributed by atoms with E-state index in [4.69, 9.17) is 38.4 Å². The molecule has 4 aromatic rings. The number of carbonyl (C=O) groups is 1. The number of aryl methyl sites for hydroxylation is 2. The number of benzene rings is 4. The van der Waals surface area contributed by atoms with Crippen molar-refractivity contribution in [3.8, 4) is 28.7 Å². The molecule has 12 heteroatoms. The van der Waals surface area contributed by atoms with E-state index in [1.807, 2.05) is 72.8 Å². The highest BCUT2D eigenvalue weighted by Gasteiger charge is 2.65. The summed E-state index contributed by atoms with van der Waals surface area (Å²) in [6, 6.07) is 26.8. The van der Waals surface area contributed by atoms with Crippen LogP contribution in [0.4, 0.5) is 4.79 Å². The van der Waals surface area contributed by atoms with E-state index in [-0.39, 0.29) is 70.5 Å². The molecule has 0 bridgehead atoms. The fourth-order valence-electron chi connectivity index (χ4n) is 10.2. The Bertz CT molecular complexity index is 2420. The smallest absolute Gasteiger partial charge is 0.410 e. The third-order valence-corrected chi connectivity index (χ3v) is 13.6. The van der Waals surface area contributed by atoms with Crippen molar-refractivity contribution < 1.29 is 48.3 Å². The first-order valence-corrected chi connectivity index (χ1v) is 23.7. The van der Waals surface area contributed by atoms with Crippen LogP contribution < -0.4 is 18.9 Å². The Morgan fingerprint density at radius 3 is 2.39 bits per heavy atom. The van der Waals surface area contributed by atoms with Gasteiger partial charge in [-0.1, -0.05) is 78.7 Å². The van der Waals surface area contributed by atoms with E-state index < -0.39 is 23.8 Å². The molecule has 1 saturated carbocycles. The van der Waals surface area contributed by atoms with Gasteiger partial charge < -0.3 is 43.5 Å². The number of oxime groups is 1. The monoisotopic (exact) mass is 912 g/mol. The summed E-state index contributed by atoms with van der Waals surface area (Å²) in [4.78, 5) is 22.9. The first kappa shape index (κ1) is 47.4. The number of amides is 1. The number of rotatable bonds is 22. The number of allylic oxidation sites excluding steroid dienone is 1. The zero-order chi connectivity index (χ0) is 46.8. The Morgan fingerprint density at radius 2 is 1.61 bits per heavy atom. The van der Waals surface area contributed by atoms with E-state index in [0.29, 0.717) is 48.0 Å². The van der Waals surface area contributed by atoms with Gasteiger partial charge in [-0.2, -0.15) is 0 Å². The predicted molar refractivity (Wildman–Crippen MR) is 256 cm³/mol. The molecule has 0 spiro atoms. The number of hydrogen-bond donors (Lipinski definition) is 2. The first-order chi connectivity index (χ1) is 32.8. The summed E-state index contributed by atoms with van der Waals surface area (Å²) in [7, 11) is 0. The van der Waals surface area contributed by atoms with Gasteiger partial charge >= 0.3 is 6.09 Å². The van der Waals surface area contributed by atoms with Crippen LogP contribution in [0.2, 0.25) is 0 Å². The van der Waals surface area contributed by atoms with Crippen molar-refractivity contribution in [1.82, 2.24) is 4.90 Å². The molecule has 8 rings (SSSR count). The summed E-state index contributed by atoms with van der Waals surface area (Å²) in [5.74, 6) is 1.04. The molecular weight excluding hydrogens is 849 g/mol. The van der Waals surface area contributed by atoms with Gasteiger partial charge in [-0.3, -0.25) is 4.90 Å². The molecule has 354 valence electrons. The standard InChI is InChI=1S/C55H64N2O10/c1-5-7-28-61-54(60)57(34-40-20-23-49-50(30-40)63-36-62-49)51-33-47(56-65-35-39-15-9-8-10-16-39)45-31-41(17-11-13-25-58)44(18-12-14-26-59)52-46-32-43(66-42-21-19-37(3)38(4)29-42)22-24-48(46)67-55(51,53(45)52)64-27-6-2/h5-6,8-10,15-16,19-24,29-32,41,44,51-53,58-59H,1-2,7,11-14,17-18,25-28,33-36H2,3-4H3/t41-,44+,51-,52+,53+,55+/m0/s1. The third kappa shape index (κ3) is 10.6. The number of fused-ring (bicyclic) bond motifs is 3. The van der Waals surface area contributed by atoms with Crippen LogP contribution in [0.25, 0.3) is 0 Å². The molecular formula is C55H64N2O10. The van der Waals surface area contributed by atoms with Crippen LogP contribution in [0.3, 0.4) is 0 Å². The Labute approximate surface area is 394 Å². The van der Waals surface area contributed by atoms with Crippen molar-refractivity contribution >= 4 is 11.8 Å². The second-order valence-electron chi connectivity index (χ2n) is 17.9. The lowest BCUT2D eigenvalue weighted by Crippen LogP contribution is -2.70. The van der Waals surface area contributed by atoms with E-state index in [1.54, 1.807) is 17.1 Å². The predicted octanol–water partition coefficient (Wildman–Crippen LogP) is 10.9. The highest BCUT2D eigenvalue weighted by molar-refractivity contribution is 6.03. The summed E-state index contributed by atoms with van der Waals surface area (Å²) in [6.45, 7) is 13.0. The number of aliphatic hydroxyl groups is 2. The lowest BCUT2D eigenvalue weighted by molar-refractivity contribution is -0.256. The van der Waals surface area contributed by atoms with Gasteiger partial charge in [-0.15, -0.1) is 13.2 Å². The van der Waals surface area contributed by atoms with Crippen molar-refractivity contribution in [2.24, 2.45) is 22.9 Å². The maximum Gasteiger partial charge on any atom is 0.410 e. The SMILES string of the molecule is C=CCCOC(=O)N(Cc1ccc2c(c1)OCO2)[C@H]1CC(=NOCc2ccccc2)C2=C[C@H](CCCCO)[C@@H](CCCCO)[C@@H]3c4cc(Oc5ccc(C)c(C)c5)ccc4O[C@@]1(OCC=C)[C@H]23. The number of carbonyl (C=O) groups excluding carboxylic acids is 1. The molecule has 6 atom stereocenters. The van der Waals surface area contributed by atoms with Crippen LogP contribution in [-0.4, -0.2) is 72.0 Å². The summed E-state index contributed by atoms with van der Waals surface area (Å²) in [5.41, 5.74) is 6.62. The largest absolute Gasteiger partial charge is 0.459 e. The molecule has 2 N–H and O–H groups in total. The normalized spacial score (nSPS) is 22.7. The maximum atomic E-state index is 14.9. The van der Waals surface area contributed by atoms with Gasteiger partial charge in [0.05, 0.1) is 24.8 Å². The average molecular weight is 913 g/mol. The molecule has 4 aliphatic rings. The Balaban J connectivity index is 1.33. The van der Waals surface area contributed by atoms with Gasteiger partial charge in [0.1, 0.15) is 29.9 Å². The molecule has 2 aliphatic carbocycles. The minimum Gasteiger partial charge on any atom is -0.459 e. The van der Waals surface area contributed by atoms with Crippen molar-refractivity contribution in [2.45, 2.75) is 96.1 Å². The molecule has 0 unspecified atom stereocenters. The molecule has 2 heterocycles. The quantitative estimate of drug-likeness (QED) is 0.0445. The second-order valence-corrected chi connectivity index (χ2v) is 17.9. The summed E-state index contributed by atoms with van der Waals surface area (Å²) >= 11 is 0. The number of hydrogen-bond acceptors (Lipinski definition) is 11. The fourth-order valence-corrected chi connectivity index (χ4v) is 10.2. The average Bonchev–Trinajstić information content (AvgIpc) is 3.81. The van der Waals surface area contributed by atoms with E-state index >= 15 is 0 Å². The molecule has 0 saturated heterocycles. The zero-order valence-corrected chi connectivity index (χ0v) is 38.8. The van der Waals surface area contributed by atoms with E-state index in [9.17, 15) is 15.0 Å². The van der Waals surface area contributed by atoms with Gasteiger partial charge in [0.25, 0.3) is 0 Å². The van der Waals surface area contributed by atoms with Crippen LogP contribution >= 0.6 is 0 Å². The van der Waals surface area contributed by atoms with Gasteiger partial charge in [-0.25, -0.2) is 4.79 Å². The van der Waals surface area contributed by atoms with Crippen LogP contribution in [0, 0.1) is 31.6 Å². The van der Waals surface area contributed by atoms with Crippen molar-refractivity contribution in [3.63, 3.8) is 0 Å². The lowest BCUT2D eigenvalue weighted by Gasteiger charge is -2.59. The zero-order valence-electron chi connectivity index (χ0n) is 38.8. The molecule has 0 aromatic heterocycles. The van der Waals surface area contributed by atoms with Gasteiger partial charge in [0, 0.05) is 37.7 Å². The molecule has 1 fully saturated rings. The van der Waals surface area contributed by atoms with Crippen molar-refractivity contribution in [1.29, 1.82) is 0 Å². The van der Waals surface area contributed by atoms with E-state index in [0.717, 1.165) is 59.3 Å². The topological polar surface area (TPSA) is 138 Å². The Hall–Kier alpha value is -6.08. The number of aliphatic hydroxyl groups excluding tert-OH is 2. The van der Waals surface area contributed by atoms with Gasteiger partial charge in [0.15, 0.2) is 11.5 Å². The van der Waals surface area contributed by atoms with Crippen LogP contribution in [0.1, 0.15) is 85.1 Å². The highest BCUT2D eigenvalue weighted by atomic mass is 16.7. The Kier molecular flexibility index (Phi) is 15.7. The van der Waals surface area contributed by atoms with E-state index in [1.165, 1.54) is 5.56 Å². The van der Waals surface area contributed by atoms with Gasteiger partial charge in [-0.05, 0) is 128 Å². The summed E-state index contributed by atoms with van der Waals surface area (Å²) in [6.07, 6.45) is 10.4. The lowest BCUT2D eigenvalue weighted by atomic mass is 9.55. The fraction of sp³-hybridized carbons (Fsp3) is 0.418. The minimum atomic E-state index is -1.49. The highest BCUT2D eigenvalue weighted by Crippen LogP contribution is 2.62.